The van der Waals surface area contributed by atoms with E-state index in [4.69, 9.17) is 0 Å². The number of fused-ring (bicyclic) bond motifs is 5. The summed E-state index contributed by atoms with van der Waals surface area (Å²) in [6, 6.07) is 8.16. The van der Waals surface area contributed by atoms with E-state index < -0.39 is 16.8 Å². The van der Waals surface area contributed by atoms with Crippen LogP contribution in [0.2, 0.25) is 0 Å². The Kier molecular flexibility index (Phi) is 5.14. The predicted molar refractivity (Wildman–Crippen MR) is 130 cm³/mol. The molecule has 2 unspecified atom stereocenters. The topological polar surface area (TPSA) is 83.5 Å². The molecular weight excluding hydrogens is 426 g/mol. The van der Waals surface area contributed by atoms with Crippen LogP contribution in [0.15, 0.2) is 24.3 Å². The number of Topliss-reactive ketones (excluding diaryl/α,β-unsaturated/α-hetero) is 1. The number of rotatable bonds is 2. The van der Waals surface area contributed by atoms with Crippen LogP contribution in [0.5, 0.6) is 0 Å². The van der Waals surface area contributed by atoms with Crippen molar-refractivity contribution in [3.63, 3.8) is 0 Å². The molecule has 1 aliphatic heterocycles. The number of carbonyl (C=O) groups excluding carboxylic acids is 2. The number of aliphatic carboxylic acids is 1. The largest absolute Gasteiger partial charge is 0.481 e. The predicted octanol–water partition coefficient (Wildman–Crippen LogP) is 5.01. The van der Waals surface area contributed by atoms with Gasteiger partial charge in [0.25, 0.3) is 0 Å². The number of hydrogen-bond donors (Lipinski definition) is 2. The summed E-state index contributed by atoms with van der Waals surface area (Å²) < 4.78 is 0. The van der Waals surface area contributed by atoms with Gasteiger partial charge in [-0.15, -0.1) is 0 Å². The fraction of sp³-hybridized carbons (Fsp3) is 0.690. The minimum Gasteiger partial charge on any atom is -0.481 e. The number of hydrogen-bond acceptors (Lipinski definition) is 3. The van der Waals surface area contributed by atoms with Gasteiger partial charge in [0, 0.05) is 24.8 Å². The van der Waals surface area contributed by atoms with E-state index in [-0.39, 0.29) is 46.3 Å². The highest BCUT2D eigenvalue weighted by Gasteiger charge is 2.69. The second kappa shape index (κ2) is 7.41. The van der Waals surface area contributed by atoms with Gasteiger partial charge in [-0.1, -0.05) is 58.9 Å². The molecule has 184 valence electrons. The van der Waals surface area contributed by atoms with E-state index in [1.807, 2.05) is 12.1 Å². The average Bonchev–Trinajstić information content (AvgIpc) is 3.08. The fourth-order valence-corrected chi connectivity index (χ4v) is 8.63. The van der Waals surface area contributed by atoms with Crippen molar-refractivity contribution in [3.05, 3.63) is 35.4 Å². The number of amides is 1. The molecule has 0 spiro atoms. The summed E-state index contributed by atoms with van der Waals surface area (Å²) in [6.45, 7) is 10.9. The van der Waals surface area contributed by atoms with Crippen molar-refractivity contribution < 1.29 is 19.5 Å². The van der Waals surface area contributed by atoms with E-state index in [2.05, 4.69) is 52.1 Å². The molecule has 0 bridgehead atoms. The molecule has 2 N–H and O–H groups in total. The van der Waals surface area contributed by atoms with Crippen molar-refractivity contribution in [3.8, 4) is 0 Å². The third-order valence-corrected chi connectivity index (χ3v) is 10.7. The molecule has 4 fully saturated rings. The first-order chi connectivity index (χ1) is 15.8. The third kappa shape index (κ3) is 3.01. The first-order valence-electron chi connectivity index (χ1n) is 13.0. The van der Waals surface area contributed by atoms with Gasteiger partial charge in [0.05, 0.1) is 5.41 Å². The minimum atomic E-state index is -0.974. The molecular formula is C29H39NO4. The highest BCUT2D eigenvalue weighted by Crippen LogP contribution is 2.69. The lowest BCUT2D eigenvalue weighted by molar-refractivity contribution is -0.163. The maximum atomic E-state index is 13.6. The molecule has 1 saturated heterocycles. The number of benzene rings is 1. The molecule has 4 aliphatic rings. The number of ketones is 1. The summed E-state index contributed by atoms with van der Waals surface area (Å²) in [4.78, 5) is 38.8. The fourth-order valence-electron chi connectivity index (χ4n) is 8.63. The van der Waals surface area contributed by atoms with Gasteiger partial charge < -0.3 is 10.4 Å². The quantitative estimate of drug-likeness (QED) is 0.643. The van der Waals surface area contributed by atoms with Crippen LogP contribution < -0.4 is 5.32 Å². The SMILES string of the molecule is CC(C)(C)c1ccc(C2(C(=O)O)CC[C@H]3[C@@H]4C(=O)CC5NC(=O)CC[C@]5(C)[C@@H]4CC[C@@]32C)cc1. The van der Waals surface area contributed by atoms with Gasteiger partial charge in [0.15, 0.2) is 0 Å². The number of carboxylic acids is 1. The monoisotopic (exact) mass is 465 g/mol. The maximum Gasteiger partial charge on any atom is 0.314 e. The van der Waals surface area contributed by atoms with Crippen LogP contribution in [0, 0.1) is 28.6 Å². The first kappa shape index (κ1) is 23.6. The summed E-state index contributed by atoms with van der Waals surface area (Å²) in [5.74, 6) is -0.298. The Balaban J connectivity index is 1.54. The summed E-state index contributed by atoms with van der Waals surface area (Å²) in [6.07, 6.45) is 4.72. The lowest BCUT2D eigenvalue weighted by Gasteiger charge is -2.60. The smallest absolute Gasteiger partial charge is 0.314 e. The third-order valence-electron chi connectivity index (χ3n) is 10.7. The van der Waals surface area contributed by atoms with Crippen molar-refractivity contribution in [2.45, 2.75) is 96.4 Å². The number of carbonyl (C=O) groups is 3. The Morgan fingerprint density at radius 2 is 1.65 bits per heavy atom. The molecule has 1 aromatic rings. The van der Waals surface area contributed by atoms with Gasteiger partial charge in [-0.2, -0.15) is 0 Å². The standard InChI is InChI=1S/C29H39NO4/c1-26(2,3)17-6-8-18(9-7-17)29(25(33)34)15-11-20-24-19(10-14-28(20,29)5)27(4)13-12-23(32)30-22(27)16-21(24)31/h6-9,19-20,22,24H,10-16H2,1-5H3,(H,30,32)(H,33,34)/t19-,20+,22?,24-,27-,28+,29?/m1/s1. The molecule has 0 aromatic heterocycles. The summed E-state index contributed by atoms with van der Waals surface area (Å²) in [5, 5.41) is 13.9. The maximum absolute atomic E-state index is 13.6. The van der Waals surface area contributed by atoms with Gasteiger partial charge in [-0.3, -0.25) is 14.4 Å². The molecule has 0 radical (unpaired) electrons. The first-order valence-corrected chi connectivity index (χ1v) is 13.0. The number of nitrogens with one attached hydrogen (secondary N) is 1. The van der Waals surface area contributed by atoms with E-state index in [0.717, 1.165) is 31.2 Å². The van der Waals surface area contributed by atoms with Crippen molar-refractivity contribution >= 4 is 17.7 Å². The minimum absolute atomic E-state index is 0.00497. The van der Waals surface area contributed by atoms with Crippen LogP contribution in [0.25, 0.3) is 0 Å². The van der Waals surface area contributed by atoms with Crippen molar-refractivity contribution in [2.75, 3.05) is 0 Å². The average molecular weight is 466 g/mol. The van der Waals surface area contributed by atoms with E-state index in [1.165, 1.54) is 5.56 Å². The molecule has 5 heteroatoms. The molecule has 5 rings (SSSR count). The molecule has 5 nitrogen and oxygen atoms in total. The van der Waals surface area contributed by atoms with E-state index in [0.29, 0.717) is 19.3 Å². The summed E-state index contributed by atoms with van der Waals surface area (Å²) in [5.41, 5.74) is 0.550. The van der Waals surface area contributed by atoms with Crippen molar-refractivity contribution in [1.29, 1.82) is 0 Å². The Morgan fingerprint density at radius 3 is 2.26 bits per heavy atom. The summed E-state index contributed by atoms with van der Waals surface area (Å²) >= 11 is 0. The zero-order chi connectivity index (χ0) is 24.7. The normalized spacial score (nSPS) is 41.8. The second-order valence-corrected chi connectivity index (χ2v) is 13.1. The summed E-state index contributed by atoms with van der Waals surface area (Å²) in [7, 11) is 0. The van der Waals surface area contributed by atoms with Crippen molar-refractivity contribution in [2.24, 2.45) is 28.6 Å². The molecule has 1 amide bonds. The van der Waals surface area contributed by atoms with E-state index >= 15 is 0 Å². The molecule has 1 heterocycles. The molecule has 34 heavy (non-hydrogen) atoms. The van der Waals surface area contributed by atoms with Gasteiger partial charge in [-0.05, 0) is 71.3 Å². The zero-order valence-corrected chi connectivity index (χ0v) is 21.2. The number of carboxylic acid groups (broad SMARTS) is 1. The second-order valence-electron chi connectivity index (χ2n) is 13.1. The molecule has 3 saturated carbocycles. The van der Waals surface area contributed by atoms with Crippen LogP contribution in [-0.4, -0.2) is 28.8 Å². The molecule has 1 aromatic carbocycles. The van der Waals surface area contributed by atoms with E-state index in [1.54, 1.807) is 0 Å². The number of piperidine rings is 1. The van der Waals surface area contributed by atoms with Crippen molar-refractivity contribution in [1.82, 2.24) is 5.32 Å². The van der Waals surface area contributed by atoms with Gasteiger partial charge in [0.2, 0.25) is 5.91 Å². The Labute approximate surface area is 203 Å². The zero-order valence-electron chi connectivity index (χ0n) is 21.2. The highest BCUT2D eigenvalue weighted by atomic mass is 16.4. The Morgan fingerprint density at radius 1 is 1.00 bits per heavy atom. The molecule has 3 aliphatic carbocycles. The van der Waals surface area contributed by atoms with Gasteiger partial charge in [0.1, 0.15) is 5.78 Å². The molecule has 7 atom stereocenters. The highest BCUT2D eigenvalue weighted by molar-refractivity contribution is 5.88. The van der Waals surface area contributed by atoms with Crippen LogP contribution >= 0.6 is 0 Å². The lowest BCUT2D eigenvalue weighted by atomic mass is 9.44. The lowest BCUT2D eigenvalue weighted by Crippen LogP contribution is -2.64. The van der Waals surface area contributed by atoms with Gasteiger partial charge in [-0.25, -0.2) is 0 Å². The Bertz CT molecular complexity index is 1040. The van der Waals surface area contributed by atoms with Crippen LogP contribution in [-0.2, 0) is 25.2 Å². The van der Waals surface area contributed by atoms with E-state index in [9.17, 15) is 19.5 Å². The Hall–Kier alpha value is -2.17. The van der Waals surface area contributed by atoms with Crippen LogP contribution in [0.4, 0.5) is 0 Å². The van der Waals surface area contributed by atoms with Crippen LogP contribution in [0.3, 0.4) is 0 Å². The van der Waals surface area contributed by atoms with Crippen LogP contribution in [0.1, 0.15) is 90.7 Å². The van der Waals surface area contributed by atoms with Gasteiger partial charge >= 0.3 is 5.97 Å².